The number of carbonyl (C=O) groups is 1. The van der Waals surface area contributed by atoms with Crippen molar-refractivity contribution in [3.8, 4) is 0 Å². The van der Waals surface area contributed by atoms with Crippen LogP contribution in [-0.4, -0.2) is 44.8 Å². The molecule has 0 radical (unpaired) electrons. The van der Waals surface area contributed by atoms with E-state index in [1.807, 2.05) is 6.92 Å². The zero-order valence-corrected chi connectivity index (χ0v) is 10.0. The summed E-state index contributed by atoms with van der Waals surface area (Å²) in [5.41, 5.74) is 0. The molecule has 0 heterocycles. The minimum atomic E-state index is 0. The number of nitrogens with one attached hydrogen (secondary N) is 1. The van der Waals surface area contributed by atoms with Crippen LogP contribution in [0, 0.1) is 0 Å². The SMILES string of the molecule is CCC(=O)COCCOCCNC(C)C.[HH]. The summed E-state index contributed by atoms with van der Waals surface area (Å²) in [5.74, 6) is 0.136. The largest absolute Gasteiger partial charge is 0.378 e. The van der Waals surface area contributed by atoms with Crippen molar-refractivity contribution < 1.29 is 15.7 Å². The van der Waals surface area contributed by atoms with Crippen LogP contribution in [0.15, 0.2) is 0 Å². The quantitative estimate of drug-likeness (QED) is 0.562. The second-order valence-corrected chi connectivity index (χ2v) is 3.67. The highest BCUT2D eigenvalue weighted by atomic mass is 16.5. The number of hydrogen-bond donors (Lipinski definition) is 1. The minimum absolute atomic E-state index is 0. The lowest BCUT2D eigenvalue weighted by Crippen LogP contribution is -2.27. The number of ether oxygens (including phenoxy) is 2. The van der Waals surface area contributed by atoms with E-state index in [1.165, 1.54) is 0 Å². The van der Waals surface area contributed by atoms with Crippen LogP contribution >= 0.6 is 0 Å². The smallest absolute Gasteiger partial charge is 0.158 e. The Morgan fingerprint density at radius 3 is 2.53 bits per heavy atom. The van der Waals surface area contributed by atoms with Crippen molar-refractivity contribution in [2.24, 2.45) is 0 Å². The Labute approximate surface area is 93.8 Å². The highest BCUT2D eigenvalue weighted by Crippen LogP contribution is 1.84. The first-order chi connectivity index (χ1) is 7.16. The number of rotatable bonds is 10. The predicted molar refractivity (Wildman–Crippen MR) is 62.2 cm³/mol. The van der Waals surface area contributed by atoms with Crippen LogP contribution in [0.5, 0.6) is 0 Å². The summed E-state index contributed by atoms with van der Waals surface area (Å²) in [4.78, 5) is 10.8. The van der Waals surface area contributed by atoms with E-state index in [2.05, 4.69) is 19.2 Å². The molecule has 0 saturated carbocycles. The maximum absolute atomic E-state index is 10.8. The van der Waals surface area contributed by atoms with Crippen molar-refractivity contribution >= 4 is 5.78 Å². The van der Waals surface area contributed by atoms with E-state index in [0.29, 0.717) is 32.3 Å². The molecule has 4 heteroatoms. The average Bonchev–Trinajstić information content (AvgIpc) is 2.21. The minimum Gasteiger partial charge on any atom is -0.378 e. The van der Waals surface area contributed by atoms with Crippen LogP contribution in [0.1, 0.15) is 28.6 Å². The lowest BCUT2D eigenvalue weighted by molar-refractivity contribution is -0.123. The molecule has 0 spiro atoms. The number of hydrogen-bond acceptors (Lipinski definition) is 4. The Balaban J connectivity index is 0. The summed E-state index contributed by atoms with van der Waals surface area (Å²) < 4.78 is 10.4. The van der Waals surface area contributed by atoms with Crippen molar-refractivity contribution in [3.05, 3.63) is 0 Å². The van der Waals surface area contributed by atoms with Gasteiger partial charge in [0.1, 0.15) is 6.61 Å². The molecule has 15 heavy (non-hydrogen) atoms. The molecule has 92 valence electrons. The molecule has 0 aliphatic rings. The van der Waals surface area contributed by atoms with Gasteiger partial charge in [-0.15, -0.1) is 0 Å². The van der Waals surface area contributed by atoms with Gasteiger partial charge in [0.15, 0.2) is 5.78 Å². The first-order valence-corrected chi connectivity index (χ1v) is 5.57. The third-order valence-corrected chi connectivity index (χ3v) is 1.83. The van der Waals surface area contributed by atoms with Crippen molar-refractivity contribution in [2.45, 2.75) is 33.2 Å². The Morgan fingerprint density at radius 2 is 1.93 bits per heavy atom. The maximum atomic E-state index is 10.8. The summed E-state index contributed by atoms with van der Waals surface area (Å²) in [6.45, 7) is 8.82. The predicted octanol–water partition coefficient (Wildman–Crippen LogP) is 1.24. The zero-order valence-electron chi connectivity index (χ0n) is 10.0. The molecule has 0 rings (SSSR count). The standard InChI is InChI=1S/C11H23NO3.H2/c1-4-11(13)9-15-8-7-14-6-5-12-10(2)3;/h10,12H,4-9H2,1-3H3;1H. The molecule has 0 aliphatic carbocycles. The molecular formula is C11H25NO3. The molecule has 0 aliphatic heterocycles. The fraction of sp³-hybridized carbons (Fsp3) is 0.909. The molecule has 0 amide bonds. The van der Waals surface area contributed by atoms with Gasteiger partial charge in [-0.3, -0.25) is 4.79 Å². The van der Waals surface area contributed by atoms with Gasteiger partial charge in [0, 0.05) is 20.4 Å². The van der Waals surface area contributed by atoms with Gasteiger partial charge >= 0.3 is 0 Å². The van der Waals surface area contributed by atoms with Crippen molar-refractivity contribution in [1.29, 1.82) is 0 Å². The van der Waals surface area contributed by atoms with Crippen molar-refractivity contribution in [2.75, 3.05) is 33.0 Å². The van der Waals surface area contributed by atoms with Gasteiger partial charge in [-0.1, -0.05) is 20.8 Å². The van der Waals surface area contributed by atoms with E-state index in [1.54, 1.807) is 0 Å². The molecule has 0 unspecified atom stereocenters. The fourth-order valence-corrected chi connectivity index (χ4v) is 0.928. The van der Waals surface area contributed by atoms with Crippen molar-refractivity contribution in [3.63, 3.8) is 0 Å². The van der Waals surface area contributed by atoms with Gasteiger partial charge in [0.05, 0.1) is 19.8 Å². The van der Waals surface area contributed by atoms with Gasteiger partial charge in [-0.05, 0) is 0 Å². The summed E-state index contributed by atoms with van der Waals surface area (Å²) in [7, 11) is 0. The summed E-state index contributed by atoms with van der Waals surface area (Å²) in [6, 6.07) is 0.493. The highest BCUT2D eigenvalue weighted by Gasteiger charge is 1.97. The maximum Gasteiger partial charge on any atom is 0.158 e. The normalized spacial score (nSPS) is 10.9. The Kier molecular flexibility index (Phi) is 9.78. The Morgan fingerprint density at radius 1 is 1.27 bits per heavy atom. The van der Waals surface area contributed by atoms with Crippen LogP contribution in [-0.2, 0) is 14.3 Å². The second-order valence-electron chi connectivity index (χ2n) is 3.67. The molecule has 0 saturated heterocycles. The Hall–Kier alpha value is -0.450. The topological polar surface area (TPSA) is 47.6 Å². The monoisotopic (exact) mass is 219 g/mol. The molecule has 0 aromatic heterocycles. The van der Waals surface area contributed by atoms with E-state index >= 15 is 0 Å². The zero-order chi connectivity index (χ0) is 11.5. The van der Waals surface area contributed by atoms with E-state index in [9.17, 15) is 4.79 Å². The molecule has 0 aromatic carbocycles. The summed E-state index contributed by atoms with van der Waals surface area (Å²) in [5, 5.41) is 3.24. The second kappa shape index (κ2) is 10.1. The van der Waals surface area contributed by atoms with Gasteiger partial charge in [-0.2, -0.15) is 0 Å². The third-order valence-electron chi connectivity index (χ3n) is 1.83. The summed E-state index contributed by atoms with van der Waals surface area (Å²) in [6.07, 6.45) is 0.541. The van der Waals surface area contributed by atoms with Crippen LogP contribution in [0.3, 0.4) is 0 Å². The first-order valence-electron chi connectivity index (χ1n) is 5.57. The third kappa shape index (κ3) is 11.5. The molecular weight excluding hydrogens is 194 g/mol. The molecule has 4 nitrogen and oxygen atoms in total. The average molecular weight is 219 g/mol. The first kappa shape index (κ1) is 14.6. The Bertz CT molecular complexity index is 165. The van der Waals surface area contributed by atoms with Crippen LogP contribution in [0.4, 0.5) is 0 Å². The van der Waals surface area contributed by atoms with Gasteiger partial charge in [0.25, 0.3) is 0 Å². The number of carbonyl (C=O) groups excluding carboxylic acids is 1. The van der Waals surface area contributed by atoms with Gasteiger partial charge in [-0.25, -0.2) is 0 Å². The lowest BCUT2D eigenvalue weighted by atomic mass is 10.3. The molecule has 0 aromatic rings. The number of ketones is 1. The fourth-order valence-electron chi connectivity index (χ4n) is 0.928. The summed E-state index contributed by atoms with van der Waals surface area (Å²) >= 11 is 0. The van der Waals surface area contributed by atoms with E-state index in [4.69, 9.17) is 9.47 Å². The van der Waals surface area contributed by atoms with Crippen LogP contribution < -0.4 is 5.32 Å². The van der Waals surface area contributed by atoms with E-state index < -0.39 is 0 Å². The molecule has 1 N–H and O–H groups in total. The van der Waals surface area contributed by atoms with Crippen LogP contribution in [0.25, 0.3) is 0 Å². The molecule has 0 atom stereocenters. The van der Waals surface area contributed by atoms with Gasteiger partial charge < -0.3 is 14.8 Å². The van der Waals surface area contributed by atoms with Gasteiger partial charge in [0.2, 0.25) is 0 Å². The van der Waals surface area contributed by atoms with E-state index in [-0.39, 0.29) is 13.8 Å². The van der Waals surface area contributed by atoms with Crippen molar-refractivity contribution in [1.82, 2.24) is 5.32 Å². The molecule has 0 fully saturated rings. The van der Waals surface area contributed by atoms with Crippen LogP contribution in [0.2, 0.25) is 0 Å². The number of Topliss-reactive ketones (excluding diaryl/α,β-unsaturated/α-hetero) is 1. The molecule has 0 bridgehead atoms. The van der Waals surface area contributed by atoms with E-state index in [0.717, 1.165) is 6.54 Å². The highest BCUT2D eigenvalue weighted by molar-refractivity contribution is 5.79. The lowest BCUT2D eigenvalue weighted by Gasteiger charge is -2.08.